The maximum atomic E-state index is 5.33. The molecule has 0 amide bonds. The zero-order chi connectivity index (χ0) is 18.4. The first kappa shape index (κ1) is 17.1. The van der Waals surface area contributed by atoms with Crippen molar-refractivity contribution in [2.75, 3.05) is 32.0 Å². The normalized spacial score (nSPS) is 10.1. The highest BCUT2D eigenvalue weighted by molar-refractivity contribution is 5.66. The molecule has 0 saturated heterocycles. The van der Waals surface area contributed by atoms with E-state index in [4.69, 9.17) is 14.2 Å². The van der Waals surface area contributed by atoms with Gasteiger partial charge in [-0.05, 0) is 0 Å². The Hall–Kier alpha value is -3.76. The van der Waals surface area contributed by atoms with Gasteiger partial charge < -0.3 is 19.5 Å². The molecule has 0 saturated carbocycles. The molecule has 11 heteroatoms. The fraction of sp³-hybridized carbons (Fsp3) is 0.200. The van der Waals surface area contributed by atoms with E-state index in [1.165, 1.54) is 19.0 Å². The second-order valence-electron chi connectivity index (χ2n) is 4.76. The van der Waals surface area contributed by atoms with Gasteiger partial charge in [0, 0.05) is 17.8 Å². The standard InChI is InChI=1S/C15H16N8O3/c1-24-10-4-9(5-11(25-2)12(10)26-3)21-14-19-8-20-15(23-14)22-13-17-6-16-7-18-13/h4-8H,1-3H3,(H2,16,17,18,19,20,21,22,23). The van der Waals surface area contributed by atoms with Crippen LogP contribution in [-0.4, -0.2) is 51.2 Å². The van der Waals surface area contributed by atoms with E-state index in [1.807, 2.05) is 0 Å². The maximum Gasteiger partial charge on any atom is 0.234 e. The second-order valence-corrected chi connectivity index (χ2v) is 4.76. The molecular formula is C15H16N8O3. The Kier molecular flexibility index (Phi) is 5.17. The van der Waals surface area contributed by atoms with Crippen LogP contribution >= 0.6 is 0 Å². The fourth-order valence-electron chi connectivity index (χ4n) is 2.10. The number of aromatic nitrogens is 6. The van der Waals surface area contributed by atoms with Crippen LogP contribution in [0.5, 0.6) is 17.2 Å². The summed E-state index contributed by atoms with van der Waals surface area (Å²) in [4.78, 5) is 24.0. The molecule has 0 radical (unpaired) electrons. The van der Waals surface area contributed by atoms with E-state index in [0.717, 1.165) is 0 Å². The van der Waals surface area contributed by atoms with Crippen molar-refractivity contribution in [3.8, 4) is 17.2 Å². The van der Waals surface area contributed by atoms with Gasteiger partial charge in [0.05, 0.1) is 21.3 Å². The molecule has 2 aromatic heterocycles. The number of nitrogens with one attached hydrogen (secondary N) is 2. The molecule has 0 atom stereocenters. The average Bonchev–Trinajstić information content (AvgIpc) is 2.68. The van der Waals surface area contributed by atoms with Crippen LogP contribution < -0.4 is 24.8 Å². The van der Waals surface area contributed by atoms with E-state index < -0.39 is 0 Å². The van der Waals surface area contributed by atoms with Crippen molar-refractivity contribution in [3.05, 3.63) is 31.1 Å². The van der Waals surface area contributed by atoms with Crippen molar-refractivity contribution in [3.63, 3.8) is 0 Å². The quantitative estimate of drug-likeness (QED) is 0.639. The molecule has 0 fully saturated rings. The summed E-state index contributed by atoms with van der Waals surface area (Å²) < 4.78 is 16.0. The van der Waals surface area contributed by atoms with Crippen molar-refractivity contribution in [2.45, 2.75) is 0 Å². The molecule has 0 aliphatic heterocycles. The molecule has 3 rings (SSSR count). The van der Waals surface area contributed by atoms with Gasteiger partial charge >= 0.3 is 0 Å². The third-order valence-electron chi connectivity index (χ3n) is 3.21. The van der Waals surface area contributed by atoms with Gasteiger partial charge in [0.25, 0.3) is 0 Å². The van der Waals surface area contributed by atoms with Crippen LogP contribution in [0.3, 0.4) is 0 Å². The van der Waals surface area contributed by atoms with E-state index >= 15 is 0 Å². The number of anilines is 4. The number of hydrogen-bond donors (Lipinski definition) is 2. The summed E-state index contributed by atoms with van der Waals surface area (Å²) in [5.74, 6) is 2.42. The lowest BCUT2D eigenvalue weighted by Gasteiger charge is -2.14. The first-order valence-electron chi connectivity index (χ1n) is 7.38. The van der Waals surface area contributed by atoms with Gasteiger partial charge in [0.1, 0.15) is 19.0 Å². The molecule has 0 unspecified atom stereocenters. The summed E-state index contributed by atoms with van der Waals surface area (Å²) in [5, 5.41) is 5.92. The number of methoxy groups -OCH3 is 3. The average molecular weight is 356 g/mol. The number of ether oxygens (including phenoxy) is 3. The highest BCUT2D eigenvalue weighted by Crippen LogP contribution is 2.40. The van der Waals surface area contributed by atoms with Crippen LogP contribution in [0.4, 0.5) is 23.5 Å². The first-order chi connectivity index (χ1) is 12.7. The zero-order valence-electron chi connectivity index (χ0n) is 14.3. The van der Waals surface area contributed by atoms with Gasteiger partial charge in [-0.2, -0.15) is 4.98 Å². The van der Waals surface area contributed by atoms with Gasteiger partial charge in [0.15, 0.2) is 11.5 Å². The molecule has 11 nitrogen and oxygen atoms in total. The van der Waals surface area contributed by atoms with Gasteiger partial charge in [-0.3, -0.25) is 5.32 Å². The predicted molar refractivity (Wildman–Crippen MR) is 92.3 cm³/mol. The summed E-state index contributed by atoms with van der Waals surface area (Å²) >= 11 is 0. The van der Waals surface area contributed by atoms with Gasteiger partial charge in [-0.25, -0.2) is 24.9 Å². The number of nitrogens with zero attached hydrogens (tertiary/aromatic N) is 6. The highest BCUT2D eigenvalue weighted by atomic mass is 16.5. The fourth-order valence-corrected chi connectivity index (χ4v) is 2.10. The Morgan fingerprint density at radius 2 is 1.27 bits per heavy atom. The summed E-state index contributed by atoms with van der Waals surface area (Å²) in [5.41, 5.74) is 0.650. The third kappa shape index (κ3) is 3.83. The smallest absolute Gasteiger partial charge is 0.234 e. The van der Waals surface area contributed by atoms with Crippen LogP contribution in [0, 0.1) is 0 Å². The van der Waals surface area contributed by atoms with E-state index in [9.17, 15) is 0 Å². The zero-order valence-corrected chi connectivity index (χ0v) is 14.3. The maximum absolute atomic E-state index is 5.33. The Morgan fingerprint density at radius 3 is 1.85 bits per heavy atom. The summed E-state index contributed by atoms with van der Waals surface area (Å²) in [6.45, 7) is 0. The minimum atomic E-state index is 0.279. The van der Waals surface area contributed by atoms with Gasteiger partial charge in [-0.1, -0.05) is 0 Å². The molecular weight excluding hydrogens is 340 g/mol. The largest absolute Gasteiger partial charge is 0.493 e. The minimum Gasteiger partial charge on any atom is -0.493 e. The minimum absolute atomic E-state index is 0.279. The topological polar surface area (TPSA) is 129 Å². The Balaban J connectivity index is 1.84. The molecule has 2 heterocycles. The Morgan fingerprint density at radius 1 is 0.692 bits per heavy atom. The van der Waals surface area contributed by atoms with Crippen LogP contribution in [0.1, 0.15) is 0 Å². The van der Waals surface area contributed by atoms with Gasteiger partial charge in [-0.15, -0.1) is 0 Å². The summed E-state index contributed by atoms with van der Waals surface area (Å²) in [7, 11) is 4.63. The van der Waals surface area contributed by atoms with Gasteiger partial charge in [0.2, 0.25) is 23.6 Å². The second kappa shape index (κ2) is 7.88. The lowest BCUT2D eigenvalue weighted by molar-refractivity contribution is 0.324. The monoisotopic (exact) mass is 356 g/mol. The highest BCUT2D eigenvalue weighted by Gasteiger charge is 2.14. The van der Waals surface area contributed by atoms with Crippen LogP contribution in [0.2, 0.25) is 0 Å². The SMILES string of the molecule is COc1cc(Nc2ncnc(Nc3ncncn3)n2)cc(OC)c1OC. The van der Waals surface area contributed by atoms with E-state index in [-0.39, 0.29) is 5.95 Å². The third-order valence-corrected chi connectivity index (χ3v) is 3.21. The Labute approximate surface area is 148 Å². The number of rotatable bonds is 7. The van der Waals surface area contributed by atoms with E-state index in [1.54, 1.807) is 33.5 Å². The van der Waals surface area contributed by atoms with Crippen LogP contribution in [-0.2, 0) is 0 Å². The van der Waals surface area contributed by atoms with Crippen molar-refractivity contribution in [1.82, 2.24) is 29.9 Å². The van der Waals surface area contributed by atoms with Crippen molar-refractivity contribution in [1.29, 1.82) is 0 Å². The molecule has 0 aliphatic rings. The molecule has 0 spiro atoms. The molecule has 26 heavy (non-hydrogen) atoms. The lowest BCUT2D eigenvalue weighted by Crippen LogP contribution is -2.05. The van der Waals surface area contributed by atoms with E-state index in [0.29, 0.717) is 34.8 Å². The molecule has 134 valence electrons. The van der Waals surface area contributed by atoms with Crippen molar-refractivity contribution < 1.29 is 14.2 Å². The molecule has 0 aliphatic carbocycles. The van der Waals surface area contributed by atoms with Crippen LogP contribution in [0.15, 0.2) is 31.1 Å². The summed E-state index contributed by atoms with van der Waals surface area (Å²) in [6.07, 6.45) is 4.09. The van der Waals surface area contributed by atoms with Crippen molar-refractivity contribution in [2.24, 2.45) is 0 Å². The lowest BCUT2D eigenvalue weighted by atomic mass is 10.2. The van der Waals surface area contributed by atoms with Crippen molar-refractivity contribution >= 4 is 23.5 Å². The predicted octanol–water partition coefficient (Wildman–Crippen LogP) is 1.57. The molecule has 3 aromatic rings. The van der Waals surface area contributed by atoms with E-state index in [2.05, 4.69) is 40.5 Å². The number of benzene rings is 1. The summed E-state index contributed by atoms with van der Waals surface area (Å²) in [6, 6.07) is 3.48. The molecule has 0 bridgehead atoms. The molecule has 1 aromatic carbocycles. The first-order valence-corrected chi connectivity index (χ1v) is 7.38. The Bertz CT molecular complexity index is 853. The number of hydrogen-bond acceptors (Lipinski definition) is 11. The molecule has 2 N–H and O–H groups in total. The van der Waals surface area contributed by atoms with Crippen LogP contribution in [0.25, 0.3) is 0 Å².